The zero-order chi connectivity index (χ0) is 18.0. The summed E-state index contributed by atoms with van der Waals surface area (Å²) in [4.78, 5) is 6.91. The molecule has 5 nitrogen and oxygen atoms in total. The number of hydrogen-bond acceptors (Lipinski definition) is 3. The lowest BCUT2D eigenvalue weighted by Crippen LogP contribution is -2.37. The maximum Gasteiger partial charge on any atom is 0.191 e. The minimum absolute atomic E-state index is 0. The Hall–Kier alpha value is -1.02. The Balaban J connectivity index is 0.00000261. The average Bonchev–Trinajstić information content (AvgIpc) is 3.36. The maximum atomic E-state index is 5.98. The molecule has 1 aliphatic heterocycles. The molecule has 2 fully saturated rings. The van der Waals surface area contributed by atoms with Gasteiger partial charge in [0, 0.05) is 25.7 Å². The Morgan fingerprint density at radius 3 is 2.67 bits per heavy atom. The molecule has 1 saturated carbocycles. The van der Waals surface area contributed by atoms with E-state index in [-0.39, 0.29) is 24.0 Å². The summed E-state index contributed by atoms with van der Waals surface area (Å²) in [5.41, 5.74) is 1.19. The third kappa shape index (κ3) is 8.25. The maximum absolute atomic E-state index is 5.98. The van der Waals surface area contributed by atoms with Gasteiger partial charge in [-0.3, -0.25) is 4.99 Å². The number of benzene rings is 1. The lowest BCUT2D eigenvalue weighted by atomic mass is 10.2. The second-order valence-electron chi connectivity index (χ2n) is 7.47. The van der Waals surface area contributed by atoms with Gasteiger partial charge in [-0.15, -0.1) is 24.0 Å². The van der Waals surface area contributed by atoms with Crippen molar-refractivity contribution >= 4 is 29.9 Å². The highest BCUT2D eigenvalue weighted by Gasteiger charge is 2.22. The summed E-state index contributed by atoms with van der Waals surface area (Å²) < 4.78 is 5.98. The number of halogens is 1. The number of guanidine groups is 1. The van der Waals surface area contributed by atoms with Crippen LogP contribution in [0.15, 0.2) is 29.3 Å². The van der Waals surface area contributed by atoms with Crippen LogP contribution in [0.3, 0.4) is 0 Å². The second kappa shape index (κ2) is 12.4. The molecule has 0 unspecified atom stereocenters. The fourth-order valence-corrected chi connectivity index (χ4v) is 3.36. The van der Waals surface area contributed by atoms with Crippen LogP contribution in [0.4, 0.5) is 0 Å². The molecule has 27 heavy (non-hydrogen) atoms. The van der Waals surface area contributed by atoms with E-state index in [0.717, 1.165) is 37.3 Å². The van der Waals surface area contributed by atoms with Crippen molar-refractivity contribution in [2.45, 2.75) is 45.1 Å². The van der Waals surface area contributed by atoms with Gasteiger partial charge >= 0.3 is 0 Å². The first-order valence-electron chi connectivity index (χ1n) is 10.2. The lowest BCUT2D eigenvalue weighted by molar-refractivity contribution is 0.296. The minimum Gasteiger partial charge on any atom is -0.493 e. The standard InChI is InChI=1S/C21H34N4O.HI/c1-22-21(23-12-4-5-13-25-14-6-7-15-25)24-16-19-8-2-3-9-20(19)26-17-18-10-11-18;/h2-3,8-9,18H,4-7,10-17H2,1H3,(H2,22,23,24);1H. The summed E-state index contributed by atoms with van der Waals surface area (Å²) in [5.74, 6) is 2.63. The van der Waals surface area contributed by atoms with E-state index in [1.807, 2.05) is 13.1 Å². The smallest absolute Gasteiger partial charge is 0.191 e. The molecule has 0 aromatic heterocycles. The number of para-hydroxylation sites is 1. The Morgan fingerprint density at radius 2 is 1.93 bits per heavy atom. The van der Waals surface area contributed by atoms with E-state index in [4.69, 9.17) is 4.74 Å². The Morgan fingerprint density at radius 1 is 1.15 bits per heavy atom. The predicted octanol–water partition coefficient (Wildman–Crippen LogP) is 3.63. The van der Waals surface area contributed by atoms with E-state index in [1.165, 1.54) is 63.7 Å². The van der Waals surface area contributed by atoms with Crippen LogP contribution < -0.4 is 15.4 Å². The van der Waals surface area contributed by atoms with Crippen LogP contribution >= 0.6 is 24.0 Å². The quantitative estimate of drug-likeness (QED) is 0.230. The molecule has 0 amide bonds. The molecule has 2 N–H and O–H groups in total. The zero-order valence-electron chi connectivity index (χ0n) is 16.6. The van der Waals surface area contributed by atoms with Crippen LogP contribution in [0.1, 0.15) is 44.1 Å². The Labute approximate surface area is 181 Å². The number of nitrogens with one attached hydrogen (secondary N) is 2. The van der Waals surface area contributed by atoms with Crippen molar-refractivity contribution in [2.24, 2.45) is 10.9 Å². The van der Waals surface area contributed by atoms with Gasteiger partial charge in [-0.2, -0.15) is 0 Å². The highest BCUT2D eigenvalue weighted by molar-refractivity contribution is 14.0. The molecule has 6 heteroatoms. The molecule has 1 aromatic carbocycles. The van der Waals surface area contributed by atoms with Gasteiger partial charge in [-0.1, -0.05) is 18.2 Å². The first-order valence-corrected chi connectivity index (χ1v) is 10.2. The van der Waals surface area contributed by atoms with Gasteiger partial charge in [0.1, 0.15) is 5.75 Å². The van der Waals surface area contributed by atoms with E-state index in [1.54, 1.807) is 0 Å². The number of ether oxygens (including phenoxy) is 1. The topological polar surface area (TPSA) is 48.9 Å². The molecule has 3 rings (SSSR count). The van der Waals surface area contributed by atoms with Crippen molar-refractivity contribution in [3.05, 3.63) is 29.8 Å². The third-order valence-electron chi connectivity index (χ3n) is 5.21. The van der Waals surface area contributed by atoms with Crippen molar-refractivity contribution in [3.63, 3.8) is 0 Å². The van der Waals surface area contributed by atoms with Gasteiger partial charge in [-0.25, -0.2) is 0 Å². The third-order valence-corrected chi connectivity index (χ3v) is 5.21. The summed E-state index contributed by atoms with van der Waals surface area (Å²) in [6.07, 6.45) is 7.81. The molecule has 1 aliphatic carbocycles. The Bertz CT molecular complexity index is 571. The number of unbranched alkanes of at least 4 members (excludes halogenated alkanes) is 1. The second-order valence-corrected chi connectivity index (χ2v) is 7.47. The van der Waals surface area contributed by atoms with Gasteiger partial charge < -0.3 is 20.3 Å². The highest BCUT2D eigenvalue weighted by Crippen LogP contribution is 2.30. The molecular formula is C21H35IN4O. The average molecular weight is 486 g/mol. The first-order chi connectivity index (χ1) is 12.8. The fraction of sp³-hybridized carbons (Fsp3) is 0.667. The van der Waals surface area contributed by atoms with E-state index < -0.39 is 0 Å². The summed E-state index contributed by atoms with van der Waals surface area (Å²) >= 11 is 0. The molecule has 0 spiro atoms. The van der Waals surface area contributed by atoms with Crippen molar-refractivity contribution in [3.8, 4) is 5.75 Å². The summed E-state index contributed by atoms with van der Waals surface area (Å²) in [7, 11) is 1.83. The van der Waals surface area contributed by atoms with E-state index >= 15 is 0 Å². The van der Waals surface area contributed by atoms with Crippen LogP contribution in [-0.2, 0) is 6.54 Å². The number of likely N-dealkylation sites (tertiary alicyclic amines) is 1. The molecule has 0 radical (unpaired) electrons. The molecule has 0 atom stereocenters. The van der Waals surface area contributed by atoms with Gasteiger partial charge in [0.2, 0.25) is 0 Å². The van der Waals surface area contributed by atoms with Crippen LogP contribution in [0, 0.1) is 5.92 Å². The first kappa shape index (κ1) is 22.3. The molecule has 152 valence electrons. The van der Waals surface area contributed by atoms with Crippen molar-refractivity contribution in [1.29, 1.82) is 0 Å². The fourth-order valence-electron chi connectivity index (χ4n) is 3.36. The molecule has 1 heterocycles. The van der Waals surface area contributed by atoms with Gasteiger partial charge in [0.05, 0.1) is 6.61 Å². The molecule has 0 bridgehead atoms. The van der Waals surface area contributed by atoms with Crippen LogP contribution in [-0.4, -0.2) is 50.7 Å². The SMILES string of the molecule is CN=C(NCCCCN1CCCC1)NCc1ccccc1OCC1CC1.I. The number of hydrogen-bond donors (Lipinski definition) is 2. The lowest BCUT2D eigenvalue weighted by Gasteiger charge is -2.16. The van der Waals surface area contributed by atoms with Gasteiger partial charge in [0.25, 0.3) is 0 Å². The van der Waals surface area contributed by atoms with Gasteiger partial charge in [-0.05, 0) is 70.1 Å². The van der Waals surface area contributed by atoms with E-state index in [2.05, 4.69) is 38.7 Å². The van der Waals surface area contributed by atoms with E-state index in [0.29, 0.717) is 0 Å². The summed E-state index contributed by atoms with van der Waals surface area (Å²) in [6.45, 7) is 6.36. The molecule has 1 aromatic rings. The largest absolute Gasteiger partial charge is 0.493 e. The molecule has 2 aliphatic rings. The molecular weight excluding hydrogens is 451 g/mol. The number of aliphatic imine (C=N–C) groups is 1. The predicted molar refractivity (Wildman–Crippen MR) is 123 cm³/mol. The van der Waals surface area contributed by atoms with E-state index in [9.17, 15) is 0 Å². The molecule has 1 saturated heterocycles. The zero-order valence-corrected chi connectivity index (χ0v) is 18.9. The minimum atomic E-state index is 0. The summed E-state index contributed by atoms with van der Waals surface area (Å²) in [5, 5.41) is 6.83. The van der Waals surface area contributed by atoms with Crippen LogP contribution in [0.5, 0.6) is 5.75 Å². The highest BCUT2D eigenvalue weighted by atomic mass is 127. The van der Waals surface area contributed by atoms with Crippen molar-refractivity contribution in [2.75, 3.05) is 39.8 Å². The summed E-state index contributed by atoms with van der Waals surface area (Å²) in [6, 6.07) is 8.29. The number of rotatable bonds is 10. The van der Waals surface area contributed by atoms with Crippen molar-refractivity contribution < 1.29 is 4.74 Å². The van der Waals surface area contributed by atoms with Crippen LogP contribution in [0.25, 0.3) is 0 Å². The Kier molecular flexibility index (Phi) is 10.3. The number of nitrogens with zero attached hydrogens (tertiary/aromatic N) is 2. The van der Waals surface area contributed by atoms with Gasteiger partial charge in [0.15, 0.2) is 5.96 Å². The van der Waals surface area contributed by atoms with Crippen LogP contribution in [0.2, 0.25) is 0 Å². The van der Waals surface area contributed by atoms with Crippen molar-refractivity contribution in [1.82, 2.24) is 15.5 Å². The normalized spacial score (nSPS) is 17.4. The monoisotopic (exact) mass is 486 g/mol.